The van der Waals surface area contributed by atoms with Gasteiger partial charge in [-0.05, 0) is 62.8 Å². The van der Waals surface area contributed by atoms with Gasteiger partial charge >= 0.3 is 0 Å². The van der Waals surface area contributed by atoms with Gasteiger partial charge in [0.25, 0.3) is 0 Å². The molecule has 0 aromatic heterocycles. The number of sulfonamides is 1. The molecular weight excluding hydrogens is 276 g/mol. The standard InChI is InChI=1S/C14H22N2O3S/c1-9-7-12(15)11(3)13(10(9)2)20(18,19)16-14(8-17)5-4-6-14/h7,16-17H,4-6,8,15H2,1-3H3. The molecule has 112 valence electrons. The Morgan fingerprint density at radius 1 is 1.30 bits per heavy atom. The van der Waals surface area contributed by atoms with E-state index in [4.69, 9.17) is 5.73 Å². The molecule has 1 aromatic carbocycles. The third kappa shape index (κ3) is 2.43. The topological polar surface area (TPSA) is 92.4 Å². The van der Waals surface area contributed by atoms with Crippen molar-refractivity contribution < 1.29 is 13.5 Å². The lowest BCUT2D eigenvalue weighted by Gasteiger charge is -2.40. The Bertz CT molecular complexity index is 603. The first-order valence-electron chi connectivity index (χ1n) is 6.73. The molecule has 1 aliphatic carbocycles. The van der Waals surface area contributed by atoms with Crippen molar-refractivity contribution in [2.75, 3.05) is 12.3 Å². The first kappa shape index (κ1) is 15.3. The molecule has 0 radical (unpaired) electrons. The van der Waals surface area contributed by atoms with E-state index in [1.165, 1.54) is 0 Å². The van der Waals surface area contributed by atoms with Crippen LogP contribution in [-0.2, 0) is 10.0 Å². The molecule has 5 nitrogen and oxygen atoms in total. The maximum Gasteiger partial charge on any atom is 0.241 e. The second-order valence-electron chi connectivity index (χ2n) is 5.76. The van der Waals surface area contributed by atoms with Gasteiger partial charge in [-0.25, -0.2) is 13.1 Å². The van der Waals surface area contributed by atoms with E-state index in [0.717, 1.165) is 12.0 Å². The van der Waals surface area contributed by atoms with Crippen LogP contribution in [0.2, 0.25) is 0 Å². The number of rotatable bonds is 4. The summed E-state index contributed by atoms with van der Waals surface area (Å²) in [5.41, 5.74) is 7.78. The Kier molecular flexibility index (Phi) is 3.83. The highest BCUT2D eigenvalue weighted by Gasteiger charge is 2.41. The number of hydrogen-bond donors (Lipinski definition) is 3. The van der Waals surface area contributed by atoms with Crippen LogP contribution in [0.5, 0.6) is 0 Å². The monoisotopic (exact) mass is 298 g/mol. The van der Waals surface area contributed by atoms with E-state index in [1.807, 2.05) is 6.92 Å². The van der Waals surface area contributed by atoms with Gasteiger partial charge in [-0.3, -0.25) is 0 Å². The van der Waals surface area contributed by atoms with Gasteiger partial charge in [0.1, 0.15) is 0 Å². The molecular formula is C14H22N2O3S. The summed E-state index contributed by atoms with van der Waals surface area (Å²) in [4.78, 5) is 0.245. The fourth-order valence-electron chi connectivity index (χ4n) is 2.68. The molecule has 0 saturated heterocycles. The van der Waals surface area contributed by atoms with Crippen molar-refractivity contribution in [1.82, 2.24) is 4.72 Å². The number of nitrogens with one attached hydrogen (secondary N) is 1. The summed E-state index contributed by atoms with van der Waals surface area (Å²) < 4.78 is 28.0. The zero-order valence-electron chi connectivity index (χ0n) is 12.2. The van der Waals surface area contributed by atoms with Gasteiger partial charge in [0.15, 0.2) is 0 Å². The molecule has 1 aromatic rings. The molecule has 0 unspecified atom stereocenters. The number of hydrogen-bond acceptors (Lipinski definition) is 4. The average Bonchev–Trinajstić information content (AvgIpc) is 2.31. The van der Waals surface area contributed by atoms with Crippen molar-refractivity contribution in [3.05, 3.63) is 22.8 Å². The molecule has 20 heavy (non-hydrogen) atoms. The number of aliphatic hydroxyl groups is 1. The molecule has 0 bridgehead atoms. The number of nitrogen functional groups attached to an aromatic ring is 1. The summed E-state index contributed by atoms with van der Waals surface area (Å²) >= 11 is 0. The van der Waals surface area contributed by atoms with E-state index >= 15 is 0 Å². The fourth-order valence-corrected chi connectivity index (χ4v) is 4.70. The molecule has 1 aliphatic rings. The Balaban J connectivity index is 2.50. The van der Waals surface area contributed by atoms with Crippen LogP contribution < -0.4 is 10.5 Å². The summed E-state index contributed by atoms with van der Waals surface area (Å²) in [5, 5.41) is 9.44. The van der Waals surface area contributed by atoms with Crippen LogP contribution >= 0.6 is 0 Å². The van der Waals surface area contributed by atoms with Crippen molar-refractivity contribution in [2.45, 2.75) is 50.5 Å². The van der Waals surface area contributed by atoms with E-state index < -0.39 is 15.6 Å². The number of benzene rings is 1. The maximum absolute atomic E-state index is 12.7. The summed E-state index contributed by atoms with van der Waals surface area (Å²) in [5.74, 6) is 0. The first-order valence-corrected chi connectivity index (χ1v) is 8.22. The Morgan fingerprint density at radius 3 is 2.35 bits per heavy atom. The van der Waals surface area contributed by atoms with Gasteiger partial charge in [-0.1, -0.05) is 0 Å². The molecule has 1 fully saturated rings. The summed E-state index contributed by atoms with van der Waals surface area (Å²) in [6, 6.07) is 1.79. The highest BCUT2D eigenvalue weighted by molar-refractivity contribution is 7.89. The molecule has 2 rings (SSSR count). The molecule has 4 N–H and O–H groups in total. The highest BCUT2D eigenvalue weighted by Crippen LogP contribution is 2.35. The van der Waals surface area contributed by atoms with Gasteiger partial charge in [-0.2, -0.15) is 0 Å². The molecule has 0 aliphatic heterocycles. The zero-order valence-corrected chi connectivity index (χ0v) is 13.0. The quantitative estimate of drug-likeness (QED) is 0.732. The van der Waals surface area contributed by atoms with Crippen LogP contribution in [0.4, 0.5) is 5.69 Å². The van der Waals surface area contributed by atoms with E-state index in [2.05, 4.69) is 4.72 Å². The average molecular weight is 298 g/mol. The summed E-state index contributed by atoms with van der Waals surface area (Å²) in [6.07, 6.45) is 2.27. The van der Waals surface area contributed by atoms with E-state index in [0.29, 0.717) is 29.7 Å². The SMILES string of the molecule is Cc1cc(N)c(C)c(S(=O)(=O)NC2(CO)CCC2)c1C. The number of nitrogens with two attached hydrogens (primary N) is 1. The van der Waals surface area contributed by atoms with Crippen LogP contribution in [0.15, 0.2) is 11.0 Å². The third-order valence-electron chi connectivity index (χ3n) is 4.31. The molecule has 0 heterocycles. The minimum atomic E-state index is -3.69. The molecule has 0 atom stereocenters. The zero-order chi connectivity index (χ0) is 15.1. The lowest BCUT2D eigenvalue weighted by molar-refractivity contribution is 0.110. The first-order chi connectivity index (χ1) is 9.22. The highest BCUT2D eigenvalue weighted by atomic mass is 32.2. The fraction of sp³-hybridized carbons (Fsp3) is 0.571. The summed E-state index contributed by atoms with van der Waals surface area (Å²) in [7, 11) is -3.69. The van der Waals surface area contributed by atoms with Gasteiger partial charge in [-0.15, -0.1) is 0 Å². The van der Waals surface area contributed by atoms with Crippen molar-refractivity contribution in [3.63, 3.8) is 0 Å². The molecule has 6 heteroatoms. The van der Waals surface area contributed by atoms with Crippen molar-refractivity contribution in [2.24, 2.45) is 0 Å². The number of aryl methyl sites for hydroxylation is 1. The predicted octanol–water partition coefficient (Wildman–Crippen LogP) is 1.39. The molecule has 0 spiro atoms. The number of anilines is 1. The van der Waals surface area contributed by atoms with Gasteiger partial charge < -0.3 is 10.8 Å². The van der Waals surface area contributed by atoms with Gasteiger partial charge in [0.05, 0.1) is 17.0 Å². The Hall–Kier alpha value is -1.11. The van der Waals surface area contributed by atoms with Crippen molar-refractivity contribution in [1.29, 1.82) is 0 Å². The molecule has 0 amide bonds. The van der Waals surface area contributed by atoms with Crippen LogP contribution in [0, 0.1) is 20.8 Å². The maximum atomic E-state index is 12.7. The Labute approximate surface area is 120 Å². The normalized spacial score (nSPS) is 17.8. The summed E-state index contributed by atoms with van der Waals surface area (Å²) in [6.45, 7) is 5.16. The number of aliphatic hydroxyl groups excluding tert-OH is 1. The van der Waals surface area contributed by atoms with Gasteiger partial charge in [0.2, 0.25) is 10.0 Å². The van der Waals surface area contributed by atoms with E-state index in [9.17, 15) is 13.5 Å². The van der Waals surface area contributed by atoms with Crippen molar-refractivity contribution in [3.8, 4) is 0 Å². The largest absolute Gasteiger partial charge is 0.398 e. The Morgan fingerprint density at radius 2 is 1.90 bits per heavy atom. The lowest BCUT2D eigenvalue weighted by Crippen LogP contribution is -2.56. The molecule has 1 saturated carbocycles. The van der Waals surface area contributed by atoms with Gasteiger partial charge in [0, 0.05) is 5.69 Å². The van der Waals surface area contributed by atoms with Crippen LogP contribution in [-0.4, -0.2) is 25.7 Å². The second kappa shape index (κ2) is 5.02. The lowest BCUT2D eigenvalue weighted by atomic mass is 9.78. The second-order valence-corrected chi connectivity index (χ2v) is 7.38. The van der Waals surface area contributed by atoms with Crippen molar-refractivity contribution >= 4 is 15.7 Å². The van der Waals surface area contributed by atoms with Crippen LogP contribution in [0.3, 0.4) is 0 Å². The third-order valence-corrected chi connectivity index (χ3v) is 6.16. The van der Waals surface area contributed by atoms with E-state index in [-0.39, 0.29) is 11.5 Å². The predicted molar refractivity (Wildman–Crippen MR) is 79.1 cm³/mol. The van der Waals surface area contributed by atoms with Crippen LogP contribution in [0.1, 0.15) is 36.0 Å². The minimum absolute atomic E-state index is 0.175. The smallest absolute Gasteiger partial charge is 0.241 e. The van der Waals surface area contributed by atoms with Crippen LogP contribution in [0.25, 0.3) is 0 Å². The minimum Gasteiger partial charge on any atom is -0.398 e. The van der Waals surface area contributed by atoms with E-state index in [1.54, 1.807) is 19.9 Å².